The molecule has 3 rings (SSSR count). The predicted octanol–water partition coefficient (Wildman–Crippen LogP) is 5.38. The third kappa shape index (κ3) is 2.98. The molecule has 2 aromatic rings. The molecule has 0 saturated heterocycles. The van der Waals surface area contributed by atoms with Gasteiger partial charge in [0.05, 0.1) is 7.11 Å². The average molecular weight is 386 g/mol. The first-order valence-corrected chi connectivity index (χ1v) is 8.71. The summed E-state index contributed by atoms with van der Waals surface area (Å²) >= 11 is 3.48. The fourth-order valence-corrected chi connectivity index (χ4v) is 3.32. The van der Waals surface area contributed by atoms with Gasteiger partial charge < -0.3 is 10.1 Å². The molecule has 0 spiro atoms. The maximum Gasteiger partial charge on any atom is 0.256 e. The molecule has 0 bridgehead atoms. The number of aryl methyl sites for hydroxylation is 1. The molecule has 0 aliphatic carbocycles. The van der Waals surface area contributed by atoms with E-state index in [1.54, 1.807) is 7.11 Å². The maximum atomic E-state index is 12.4. The van der Waals surface area contributed by atoms with Gasteiger partial charge in [0.2, 0.25) is 0 Å². The molecule has 124 valence electrons. The van der Waals surface area contributed by atoms with Crippen LogP contribution in [0.2, 0.25) is 0 Å². The molecule has 1 aliphatic rings. The third-order valence-corrected chi connectivity index (χ3v) is 4.80. The summed E-state index contributed by atoms with van der Waals surface area (Å²) in [5.74, 6) is 1.17. The number of carbonyl (C=O) groups excluding carboxylic acids is 1. The van der Waals surface area contributed by atoms with Gasteiger partial charge in [-0.1, -0.05) is 29.8 Å². The molecular formula is C20H20BrNO2. The van der Waals surface area contributed by atoms with Crippen molar-refractivity contribution in [2.24, 2.45) is 0 Å². The summed E-state index contributed by atoms with van der Waals surface area (Å²) in [6.45, 7) is 6.31. The molecule has 0 fully saturated rings. The highest BCUT2D eigenvalue weighted by molar-refractivity contribution is 9.10. The van der Waals surface area contributed by atoms with Crippen molar-refractivity contribution < 1.29 is 9.53 Å². The van der Waals surface area contributed by atoms with E-state index in [1.807, 2.05) is 37.3 Å². The highest BCUT2D eigenvalue weighted by atomic mass is 79.9. The minimum absolute atomic E-state index is 0.0654. The number of hydrogen-bond acceptors (Lipinski definition) is 2. The van der Waals surface area contributed by atoms with Crippen LogP contribution in [-0.2, 0) is 4.79 Å². The molecular weight excluding hydrogens is 366 g/mol. The van der Waals surface area contributed by atoms with Gasteiger partial charge in [0, 0.05) is 21.3 Å². The molecule has 1 aliphatic heterocycles. The normalized spacial score (nSPS) is 14.9. The fourth-order valence-electron chi connectivity index (χ4n) is 2.96. The van der Waals surface area contributed by atoms with Gasteiger partial charge in [0.1, 0.15) is 5.75 Å². The quantitative estimate of drug-likeness (QED) is 0.719. The van der Waals surface area contributed by atoms with Crippen LogP contribution in [0, 0.1) is 6.92 Å². The molecule has 0 atom stereocenters. The number of fused-ring (bicyclic) bond motifs is 1. The van der Waals surface area contributed by atoms with Gasteiger partial charge in [-0.3, -0.25) is 4.79 Å². The Morgan fingerprint density at radius 2 is 1.96 bits per heavy atom. The van der Waals surface area contributed by atoms with Crippen molar-refractivity contribution >= 4 is 39.2 Å². The number of carbonyl (C=O) groups is 1. The number of hydrogen-bond donors (Lipinski definition) is 1. The number of ether oxygens (including phenoxy) is 1. The van der Waals surface area contributed by atoms with Crippen LogP contribution >= 0.6 is 15.9 Å². The van der Waals surface area contributed by atoms with Crippen LogP contribution < -0.4 is 10.1 Å². The minimum atomic E-state index is -0.0654. The summed E-state index contributed by atoms with van der Waals surface area (Å²) in [5.41, 5.74) is 5.73. The van der Waals surface area contributed by atoms with Crippen molar-refractivity contribution in [2.75, 3.05) is 12.4 Å². The highest BCUT2D eigenvalue weighted by Gasteiger charge is 2.24. The number of nitrogens with one attached hydrogen (secondary N) is 1. The Labute approximate surface area is 150 Å². The number of rotatable bonds is 3. The van der Waals surface area contributed by atoms with Crippen LogP contribution in [0.5, 0.6) is 5.75 Å². The predicted molar refractivity (Wildman–Crippen MR) is 102 cm³/mol. The SMILES string of the molecule is COc1cc(C)c(/C=C2\C(=O)Nc3ccc(Br)cc32)cc1C(C)C. The first-order valence-electron chi connectivity index (χ1n) is 7.92. The van der Waals surface area contributed by atoms with E-state index in [0.29, 0.717) is 11.5 Å². The van der Waals surface area contributed by atoms with Gasteiger partial charge in [-0.2, -0.15) is 0 Å². The standard InChI is InChI=1S/C20H20BrNO2/c1-11(2)15-8-13(12(3)7-19(15)24-4)9-17-16-10-14(21)5-6-18(16)22-20(17)23/h5-11H,1-4H3,(H,22,23)/b17-9-. The smallest absolute Gasteiger partial charge is 0.256 e. The van der Waals surface area contributed by atoms with Crippen LogP contribution in [0.1, 0.15) is 42.0 Å². The van der Waals surface area contributed by atoms with E-state index in [9.17, 15) is 4.79 Å². The zero-order valence-electron chi connectivity index (χ0n) is 14.2. The Balaban J connectivity index is 2.14. The number of halogens is 1. The van der Waals surface area contributed by atoms with Crippen molar-refractivity contribution in [1.29, 1.82) is 0 Å². The largest absolute Gasteiger partial charge is 0.496 e. The minimum Gasteiger partial charge on any atom is -0.496 e. The summed E-state index contributed by atoms with van der Waals surface area (Å²) in [6.07, 6.45) is 1.97. The van der Waals surface area contributed by atoms with E-state index >= 15 is 0 Å². The molecule has 1 heterocycles. The van der Waals surface area contributed by atoms with Crippen LogP contribution in [0.4, 0.5) is 5.69 Å². The zero-order valence-corrected chi connectivity index (χ0v) is 15.8. The van der Waals surface area contributed by atoms with E-state index in [-0.39, 0.29) is 5.91 Å². The summed E-state index contributed by atoms with van der Waals surface area (Å²) in [6, 6.07) is 9.98. The van der Waals surface area contributed by atoms with Crippen LogP contribution in [0.15, 0.2) is 34.8 Å². The number of benzene rings is 2. The lowest BCUT2D eigenvalue weighted by Crippen LogP contribution is -2.04. The van der Waals surface area contributed by atoms with Crippen LogP contribution in [0.25, 0.3) is 11.6 Å². The zero-order chi connectivity index (χ0) is 17.4. The average Bonchev–Trinajstić information content (AvgIpc) is 2.84. The van der Waals surface area contributed by atoms with E-state index < -0.39 is 0 Å². The lowest BCUT2D eigenvalue weighted by atomic mass is 9.94. The topological polar surface area (TPSA) is 38.3 Å². The lowest BCUT2D eigenvalue weighted by Gasteiger charge is -2.15. The molecule has 3 nitrogen and oxygen atoms in total. The molecule has 24 heavy (non-hydrogen) atoms. The second-order valence-electron chi connectivity index (χ2n) is 6.31. The molecule has 4 heteroatoms. The summed E-state index contributed by atoms with van der Waals surface area (Å²) in [4.78, 5) is 12.4. The van der Waals surface area contributed by atoms with Crippen molar-refractivity contribution in [3.8, 4) is 5.75 Å². The van der Waals surface area contributed by atoms with Gasteiger partial charge in [-0.25, -0.2) is 0 Å². The van der Waals surface area contributed by atoms with E-state index in [4.69, 9.17) is 4.74 Å². The Morgan fingerprint density at radius 3 is 2.62 bits per heavy atom. The van der Waals surface area contributed by atoms with Crippen LogP contribution in [0.3, 0.4) is 0 Å². The lowest BCUT2D eigenvalue weighted by molar-refractivity contribution is -0.110. The summed E-state index contributed by atoms with van der Waals surface area (Å²) < 4.78 is 6.46. The first kappa shape index (κ1) is 16.8. The summed E-state index contributed by atoms with van der Waals surface area (Å²) in [5, 5.41) is 2.92. The third-order valence-electron chi connectivity index (χ3n) is 4.30. The van der Waals surface area contributed by atoms with Gasteiger partial charge >= 0.3 is 0 Å². The second kappa shape index (κ2) is 6.44. The molecule has 1 N–H and O–H groups in total. The Kier molecular flexibility index (Phi) is 4.50. The van der Waals surface area contributed by atoms with Crippen LogP contribution in [-0.4, -0.2) is 13.0 Å². The monoisotopic (exact) mass is 385 g/mol. The van der Waals surface area contributed by atoms with Gasteiger partial charge in [0.25, 0.3) is 5.91 Å². The van der Waals surface area contributed by atoms with Gasteiger partial charge in [-0.15, -0.1) is 0 Å². The molecule has 2 aromatic carbocycles. The second-order valence-corrected chi connectivity index (χ2v) is 7.22. The number of anilines is 1. The number of amides is 1. The van der Waals surface area contributed by atoms with E-state index in [0.717, 1.165) is 38.2 Å². The molecule has 0 aromatic heterocycles. The van der Waals surface area contributed by atoms with Crippen molar-refractivity contribution in [2.45, 2.75) is 26.7 Å². The molecule has 1 amide bonds. The number of methoxy groups -OCH3 is 1. The Morgan fingerprint density at radius 1 is 1.21 bits per heavy atom. The van der Waals surface area contributed by atoms with Gasteiger partial charge in [0.15, 0.2) is 0 Å². The Bertz CT molecular complexity index is 853. The van der Waals surface area contributed by atoms with Crippen molar-refractivity contribution in [3.05, 3.63) is 57.1 Å². The Hall–Kier alpha value is -2.07. The van der Waals surface area contributed by atoms with E-state index in [1.165, 1.54) is 0 Å². The maximum absolute atomic E-state index is 12.4. The molecule has 0 radical (unpaired) electrons. The highest BCUT2D eigenvalue weighted by Crippen LogP contribution is 2.37. The first-order chi connectivity index (χ1) is 11.4. The van der Waals surface area contributed by atoms with Gasteiger partial charge in [-0.05, 0) is 65.9 Å². The van der Waals surface area contributed by atoms with E-state index in [2.05, 4.69) is 41.2 Å². The van der Waals surface area contributed by atoms with Crippen molar-refractivity contribution in [3.63, 3.8) is 0 Å². The van der Waals surface area contributed by atoms with Crippen molar-refractivity contribution in [1.82, 2.24) is 0 Å². The molecule has 0 saturated carbocycles. The summed E-state index contributed by atoms with van der Waals surface area (Å²) in [7, 11) is 1.69. The fraction of sp³-hybridized carbons (Fsp3) is 0.250. The molecule has 0 unspecified atom stereocenters.